The van der Waals surface area contributed by atoms with Crippen molar-refractivity contribution in [2.75, 3.05) is 12.4 Å². The van der Waals surface area contributed by atoms with Crippen LogP contribution in [0.2, 0.25) is 0 Å². The molecule has 24 heavy (non-hydrogen) atoms. The van der Waals surface area contributed by atoms with Crippen molar-refractivity contribution < 1.29 is 14.7 Å². The van der Waals surface area contributed by atoms with Crippen LogP contribution in [0.15, 0.2) is 47.4 Å². The van der Waals surface area contributed by atoms with Crippen LogP contribution in [-0.2, 0) is 11.3 Å². The summed E-state index contributed by atoms with van der Waals surface area (Å²) in [6.45, 7) is 2.29. The molecule has 0 saturated carbocycles. The van der Waals surface area contributed by atoms with Crippen molar-refractivity contribution in [3.8, 4) is 5.75 Å². The minimum absolute atomic E-state index is 0.0467. The molecule has 2 amide bonds. The molecular formula is C18H18N2O3S. The molecule has 0 aliphatic carbocycles. The minimum atomic E-state index is -0.128. The molecular weight excluding hydrogens is 324 g/mol. The fourth-order valence-electron chi connectivity index (χ4n) is 2.51. The first-order chi connectivity index (χ1) is 11.4. The molecule has 2 aromatic rings. The van der Waals surface area contributed by atoms with Gasteiger partial charge in [-0.25, -0.2) is 0 Å². The summed E-state index contributed by atoms with van der Waals surface area (Å²) in [6.07, 6.45) is 0. The number of nitrogens with zero attached hydrogens (tertiary/aromatic N) is 1. The van der Waals surface area contributed by atoms with Crippen molar-refractivity contribution in [1.29, 1.82) is 0 Å². The summed E-state index contributed by atoms with van der Waals surface area (Å²) in [5.74, 6) is 0.0307. The Labute approximate surface area is 144 Å². The van der Waals surface area contributed by atoms with Gasteiger partial charge in [-0.15, -0.1) is 11.8 Å². The van der Waals surface area contributed by atoms with Gasteiger partial charge in [0.2, 0.25) is 5.91 Å². The maximum absolute atomic E-state index is 12.6. The number of carbonyl (C=O) groups excluding carboxylic acids is 2. The highest BCUT2D eigenvalue weighted by Gasteiger charge is 2.24. The van der Waals surface area contributed by atoms with E-state index in [1.807, 2.05) is 13.0 Å². The van der Waals surface area contributed by atoms with E-state index in [0.717, 1.165) is 10.5 Å². The highest BCUT2D eigenvalue weighted by Crippen LogP contribution is 2.36. The smallest absolute Gasteiger partial charge is 0.253 e. The third-order valence-electron chi connectivity index (χ3n) is 3.86. The predicted octanol–water partition coefficient (Wildman–Crippen LogP) is 3.10. The number of phenolic OH excluding ortho intramolecular Hbond substituents is 1. The number of aromatic hydroxyl groups is 1. The van der Waals surface area contributed by atoms with E-state index < -0.39 is 0 Å². The third-order valence-corrected chi connectivity index (χ3v) is 5.04. The molecule has 3 rings (SSSR count). The highest BCUT2D eigenvalue weighted by molar-refractivity contribution is 8.00. The van der Waals surface area contributed by atoms with Crippen LogP contribution in [-0.4, -0.2) is 34.1 Å². The second kappa shape index (κ2) is 6.57. The van der Waals surface area contributed by atoms with E-state index >= 15 is 0 Å². The van der Waals surface area contributed by atoms with Crippen LogP contribution in [0.1, 0.15) is 22.8 Å². The lowest BCUT2D eigenvalue weighted by molar-refractivity contribution is -0.115. The van der Waals surface area contributed by atoms with Crippen LogP contribution in [0.25, 0.3) is 0 Å². The molecule has 6 heteroatoms. The number of thioether (sulfide) groups is 1. The fourth-order valence-corrected chi connectivity index (χ4v) is 3.44. The van der Waals surface area contributed by atoms with Gasteiger partial charge >= 0.3 is 0 Å². The lowest BCUT2D eigenvalue weighted by Gasteiger charge is -2.23. The summed E-state index contributed by atoms with van der Waals surface area (Å²) in [5, 5.41) is 12.0. The molecule has 1 atom stereocenters. The first kappa shape index (κ1) is 16.4. The molecule has 124 valence electrons. The Morgan fingerprint density at radius 1 is 1.25 bits per heavy atom. The molecule has 0 aromatic heterocycles. The molecule has 1 aliphatic heterocycles. The SMILES string of the molecule is C[C@@H]1Sc2ccc(C(=O)N(C)Cc3ccc(O)cc3)cc2NC1=O. The van der Waals surface area contributed by atoms with Gasteiger partial charge in [0.15, 0.2) is 0 Å². The van der Waals surface area contributed by atoms with E-state index in [0.29, 0.717) is 17.8 Å². The summed E-state index contributed by atoms with van der Waals surface area (Å²) in [5.41, 5.74) is 2.15. The summed E-state index contributed by atoms with van der Waals surface area (Å²) < 4.78 is 0. The van der Waals surface area contributed by atoms with Gasteiger partial charge in [0, 0.05) is 24.1 Å². The van der Waals surface area contributed by atoms with Gasteiger partial charge < -0.3 is 15.3 Å². The van der Waals surface area contributed by atoms with Crippen LogP contribution >= 0.6 is 11.8 Å². The molecule has 0 fully saturated rings. The van der Waals surface area contributed by atoms with Crippen molar-refractivity contribution in [2.24, 2.45) is 0 Å². The summed E-state index contributed by atoms with van der Waals surface area (Å²) in [4.78, 5) is 27.0. The lowest BCUT2D eigenvalue weighted by atomic mass is 10.1. The van der Waals surface area contributed by atoms with Gasteiger partial charge in [-0.3, -0.25) is 9.59 Å². The average molecular weight is 342 g/mol. The Hall–Kier alpha value is -2.47. The quantitative estimate of drug-likeness (QED) is 0.899. The normalized spacial score (nSPS) is 16.2. The van der Waals surface area contributed by atoms with Crippen LogP contribution in [0.5, 0.6) is 5.75 Å². The zero-order chi connectivity index (χ0) is 17.3. The molecule has 2 aromatic carbocycles. The molecule has 0 saturated heterocycles. The minimum Gasteiger partial charge on any atom is -0.508 e. The predicted molar refractivity (Wildman–Crippen MR) is 94.3 cm³/mol. The second-order valence-corrected chi connectivity index (χ2v) is 7.17. The van der Waals surface area contributed by atoms with E-state index in [1.54, 1.807) is 48.3 Å². The first-order valence-electron chi connectivity index (χ1n) is 7.59. The highest BCUT2D eigenvalue weighted by atomic mass is 32.2. The Balaban J connectivity index is 1.76. The third kappa shape index (κ3) is 3.38. The number of phenols is 1. The number of carbonyl (C=O) groups is 2. The van der Waals surface area contributed by atoms with Crippen LogP contribution in [0.3, 0.4) is 0 Å². The second-order valence-electron chi connectivity index (χ2n) is 5.79. The monoisotopic (exact) mass is 342 g/mol. The van der Waals surface area contributed by atoms with E-state index in [1.165, 1.54) is 11.8 Å². The number of fused-ring (bicyclic) bond motifs is 1. The lowest BCUT2D eigenvalue weighted by Crippen LogP contribution is -2.28. The zero-order valence-corrected chi connectivity index (χ0v) is 14.3. The molecule has 0 radical (unpaired) electrons. The van der Waals surface area contributed by atoms with Crippen LogP contribution in [0.4, 0.5) is 5.69 Å². The number of rotatable bonds is 3. The number of amides is 2. The first-order valence-corrected chi connectivity index (χ1v) is 8.47. The zero-order valence-electron chi connectivity index (χ0n) is 13.4. The molecule has 0 bridgehead atoms. The van der Waals surface area contributed by atoms with Crippen LogP contribution in [0, 0.1) is 0 Å². The van der Waals surface area contributed by atoms with Gasteiger partial charge in [0.05, 0.1) is 10.9 Å². The molecule has 2 N–H and O–H groups in total. The molecule has 1 heterocycles. The number of hydrogen-bond donors (Lipinski definition) is 2. The number of benzene rings is 2. The summed E-state index contributed by atoms with van der Waals surface area (Å²) in [6, 6.07) is 12.1. The summed E-state index contributed by atoms with van der Waals surface area (Å²) >= 11 is 1.49. The number of hydrogen-bond acceptors (Lipinski definition) is 4. The maximum Gasteiger partial charge on any atom is 0.253 e. The maximum atomic E-state index is 12.6. The van der Waals surface area contributed by atoms with E-state index in [4.69, 9.17) is 0 Å². The van der Waals surface area contributed by atoms with Crippen molar-refractivity contribution in [1.82, 2.24) is 4.90 Å². The standard InChI is InChI=1S/C18H18N2O3S/c1-11-17(22)19-15-9-13(5-8-16(15)24-11)18(23)20(2)10-12-3-6-14(21)7-4-12/h3-9,11,21H,10H2,1-2H3,(H,19,22)/t11-/m0/s1. The van der Waals surface area contributed by atoms with Crippen molar-refractivity contribution >= 4 is 29.3 Å². The van der Waals surface area contributed by atoms with Gasteiger partial charge in [0.25, 0.3) is 5.91 Å². The molecule has 0 unspecified atom stereocenters. The molecule has 5 nitrogen and oxygen atoms in total. The van der Waals surface area contributed by atoms with E-state index in [2.05, 4.69) is 5.32 Å². The largest absolute Gasteiger partial charge is 0.508 e. The van der Waals surface area contributed by atoms with Gasteiger partial charge in [-0.1, -0.05) is 12.1 Å². The van der Waals surface area contributed by atoms with Gasteiger partial charge in [-0.05, 0) is 42.8 Å². The van der Waals surface area contributed by atoms with Gasteiger partial charge in [0.1, 0.15) is 5.75 Å². The summed E-state index contributed by atoms with van der Waals surface area (Å²) in [7, 11) is 1.73. The Morgan fingerprint density at radius 3 is 2.67 bits per heavy atom. The molecule has 0 spiro atoms. The Bertz CT molecular complexity index is 789. The Kier molecular flexibility index (Phi) is 4.49. The fraction of sp³-hybridized carbons (Fsp3) is 0.222. The average Bonchev–Trinajstić information content (AvgIpc) is 2.57. The Morgan fingerprint density at radius 2 is 1.96 bits per heavy atom. The van der Waals surface area contributed by atoms with Crippen molar-refractivity contribution in [3.05, 3.63) is 53.6 Å². The topological polar surface area (TPSA) is 69.6 Å². The van der Waals surface area contributed by atoms with E-state index in [-0.39, 0.29) is 22.8 Å². The van der Waals surface area contributed by atoms with Gasteiger partial charge in [-0.2, -0.15) is 0 Å². The number of nitrogens with one attached hydrogen (secondary N) is 1. The number of anilines is 1. The van der Waals surface area contributed by atoms with E-state index in [9.17, 15) is 14.7 Å². The van der Waals surface area contributed by atoms with Crippen molar-refractivity contribution in [3.63, 3.8) is 0 Å². The molecule has 1 aliphatic rings. The van der Waals surface area contributed by atoms with Crippen molar-refractivity contribution in [2.45, 2.75) is 23.6 Å². The van der Waals surface area contributed by atoms with Crippen LogP contribution < -0.4 is 5.32 Å².